The summed E-state index contributed by atoms with van der Waals surface area (Å²) in [5.41, 5.74) is 1.40. The number of carbonyl (C=O) groups is 1. The standard InChI is InChI=1S/C12H14BrNO2/c1-12(5-2-6-15)9-4-3-8(13)7-10(9)14-11(12)16/h3-4,7,15H,2,5-6H2,1H3,(H,14,16). The third-order valence-corrected chi connectivity index (χ3v) is 3.65. The van der Waals surface area contributed by atoms with Crippen molar-refractivity contribution >= 4 is 27.5 Å². The van der Waals surface area contributed by atoms with Gasteiger partial charge in [0.2, 0.25) is 5.91 Å². The maximum Gasteiger partial charge on any atom is 0.234 e. The molecule has 0 spiro atoms. The van der Waals surface area contributed by atoms with Gasteiger partial charge in [-0.05, 0) is 37.5 Å². The lowest BCUT2D eigenvalue weighted by Crippen LogP contribution is -2.31. The van der Waals surface area contributed by atoms with E-state index >= 15 is 0 Å². The number of rotatable bonds is 3. The zero-order valence-electron chi connectivity index (χ0n) is 9.09. The number of aliphatic hydroxyl groups excluding tert-OH is 1. The second-order valence-electron chi connectivity index (χ2n) is 4.30. The molecule has 4 heteroatoms. The minimum Gasteiger partial charge on any atom is -0.396 e. The van der Waals surface area contributed by atoms with Gasteiger partial charge in [0, 0.05) is 16.8 Å². The van der Waals surface area contributed by atoms with Crippen LogP contribution in [0.2, 0.25) is 0 Å². The van der Waals surface area contributed by atoms with E-state index in [4.69, 9.17) is 5.11 Å². The molecule has 0 fully saturated rings. The van der Waals surface area contributed by atoms with Crippen molar-refractivity contribution in [3.63, 3.8) is 0 Å². The summed E-state index contributed by atoms with van der Waals surface area (Å²) < 4.78 is 0.956. The molecule has 1 amide bonds. The molecule has 86 valence electrons. The molecule has 16 heavy (non-hydrogen) atoms. The van der Waals surface area contributed by atoms with Crippen LogP contribution in [0.1, 0.15) is 25.3 Å². The summed E-state index contributed by atoms with van der Waals surface area (Å²) in [5, 5.41) is 11.8. The van der Waals surface area contributed by atoms with Gasteiger partial charge in [-0.3, -0.25) is 4.79 Å². The smallest absolute Gasteiger partial charge is 0.234 e. The van der Waals surface area contributed by atoms with Gasteiger partial charge in [0.05, 0.1) is 5.41 Å². The second kappa shape index (κ2) is 4.18. The number of fused-ring (bicyclic) bond motifs is 1. The Kier molecular flexibility index (Phi) is 3.04. The Morgan fingerprint density at radius 3 is 2.94 bits per heavy atom. The second-order valence-corrected chi connectivity index (χ2v) is 5.22. The summed E-state index contributed by atoms with van der Waals surface area (Å²) in [4.78, 5) is 12.0. The SMILES string of the molecule is CC1(CCCO)C(=O)Nc2cc(Br)ccc21. The van der Waals surface area contributed by atoms with Crippen molar-refractivity contribution in [2.45, 2.75) is 25.2 Å². The van der Waals surface area contributed by atoms with Gasteiger partial charge in [-0.1, -0.05) is 22.0 Å². The monoisotopic (exact) mass is 283 g/mol. The molecule has 0 saturated carbocycles. The quantitative estimate of drug-likeness (QED) is 0.895. The van der Waals surface area contributed by atoms with Crippen LogP contribution in [0.25, 0.3) is 0 Å². The van der Waals surface area contributed by atoms with Gasteiger partial charge in [0.1, 0.15) is 0 Å². The van der Waals surface area contributed by atoms with Crippen LogP contribution in [0.15, 0.2) is 22.7 Å². The minimum absolute atomic E-state index is 0.0223. The van der Waals surface area contributed by atoms with Gasteiger partial charge in [-0.25, -0.2) is 0 Å². The Balaban J connectivity index is 2.39. The summed E-state index contributed by atoms with van der Waals surface area (Å²) in [7, 11) is 0. The van der Waals surface area contributed by atoms with E-state index in [0.29, 0.717) is 12.8 Å². The molecular weight excluding hydrogens is 270 g/mol. The van der Waals surface area contributed by atoms with Gasteiger partial charge < -0.3 is 10.4 Å². The van der Waals surface area contributed by atoms with E-state index in [2.05, 4.69) is 21.2 Å². The first kappa shape index (κ1) is 11.6. The zero-order chi connectivity index (χ0) is 11.8. The Morgan fingerprint density at radius 2 is 2.25 bits per heavy atom. The molecule has 2 rings (SSSR count). The van der Waals surface area contributed by atoms with Crippen LogP contribution in [0.3, 0.4) is 0 Å². The molecular formula is C12H14BrNO2. The van der Waals surface area contributed by atoms with Gasteiger partial charge >= 0.3 is 0 Å². The van der Waals surface area contributed by atoms with E-state index < -0.39 is 5.41 Å². The van der Waals surface area contributed by atoms with Crippen LogP contribution < -0.4 is 5.32 Å². The summed E-state index contributed by atoms with van der Waals surface area (Å²) in [6.07, 6.45) is 1.31. The highest BCUT2D eigenvalue weighted by Gasteiger charge is 2.41. The Labute approximate surface area is 103 Å². The fourth-order valence-electron chi connectivity index (χ4n) is 2.16. The van der Waals surface area contributed by atoms with E-state index in [1.807, 2.05) is 25.1 Å². The highest BCUT2D eigenvalue weighted by molar-refractivity contribution is 9.10. The fraction of sp³-hybridized carbons (Fsp3) is 0.417. The Hall–Kier alpha value is -0.870. The van der Waals surface area contributed by atoms with Crippen molar-refractivity contribution in [2.75, 3.05) is 11.9 Å². The molecule has 1 aliphatic rings. The number of hydrogen-bond donors (Lipinski definition) is 2. The lowest BCUT2D eigenvalue weighted by Gasteiger charge is -2.21. The maximum atomic E-state index is 12.0. The molecule has 0 aliphatic carbocycles. The van der Waals surface area contributed by atoms with Crippen molar-refractivity contribution in [2.24, 2.45) is 0 Å². The largest absolute Gasteiger partial charge is 0.396 e. The molecule has 1 atom stereocenters. The number of aliphatic hydroxyl groups is 1. The Morgan fingerprint density at radius 1 is 1.50 bits per heavy atom. The fourth-order valence-corrected chi connectivity index (χ4v) is 2.53. The molecule has 1 aromatic rings. The number of amides is 1. The zero-order valence-corrected chi connectivity index (χ0v) is 10.7. The van der Waals surface area contributed by atoms with Gasteiger partial charge in [-0.15, -0.1) is 0 Å². The van der Waals surface area contributed by atoms with Crippen LogP contribution in [0.5, 0.6) is 0 Å². The molecule has 1 unspecified atom stereocenters. The van der Waals surface area contributed by atoms with E-state index in [1.54, 1.807) is 0 Å². The summed E-state index contributed by atoms with van der Waals surface area (Å²) in [6, 6.07) is 5.82. The lowest BCUT2D eigenvalue weighted by molar-refractivity contribution is -0.120. The normalized spacial score (nSPS) is 23.1. The number of nitrogens with one attached hydrogen (secondary N) is 1. The van der Waals surface area contributed by atoms with Crippen molar-refractivity contribution in [3.05, 3.63) is 28.2 Å². The first-order valence-corrected chi connectivity index (χ1v) is 6.09. The van der Waals surface area contributed by atoms with Crippen LogP contribution in [-0.4, -0.2) is 17.6 Å². The molecule has 1 aromatic carbocycles. The molecule has 1 heterocycles. The van der Waals surface area contributed by atoms with Gasteiger partial charge in [0.15, 0.2) is 0 Å². The first-order valence-electron chi connectivity index (χ1n) is 5.30. The van der Waals surface area contributed by atoms with E-state index in [-0.39, 0.29) is 12.5 Å². The van der Waals surface area contributed by atoms with Crippen molar-refractivity contribution in [1.29, 1.82) is 0 Å². The predicted molar refractivity (Wildman–Crippen MR) is 66.4 cm³/mol. The maximum absolute atomic E-state index is 12.0. The highest BCUT2D eigenvalue weighted by Crippen LogP contribution is 2.41. The van der Waals surface area contributed by atoms with Gasteiger partial charge in [0.25, 0.3) is 0 Å². The van der Waals surface area contributed by atoms with E-state index in [0.717, 1.165) is 15.7 Å². The first-order chi connectivity index (χ1) is 7.58. The third-order valence-electron chi connectivity index (χ3n) is 3.16. The van der Waals surface area contributed by atoms with Crippen molar-refractivity contribution in [1.82, 2.24) is 0 Å². The summed E-state index contributed by atoms with van der Waals surface area (Å²) in [5.74, 6) is 0.0223. The Bertz CT molecular complexity index is 433. The third kappa shape index (κ3) is 1.76. The topological polar surface area (TPSA) is 49.3 Å². The van der Waals surface area contributed by atoms with Crippen LogP contribution >= 0.6 is 15.9 Å². The van der Waals surface area contributed by atoms with Crippen LogP contribution in [-0.2, 0) is 10.2 Å². The molecule has 3 nitrogen and oxygen atoms in total. The summed E-state index contributed by atoms with van der Waals surface area (Å²) >= 11 is 3.38. The van der Waals surface area contributed by atoms with Crippen molar-refractivity contribution < 1.29 is 9.90 Å². The van der Waals surface area contributed by atoms with E-state index in [1.165, 1.54) is 0 Å². The number of benzene rings is 1. The average molecular weight is 284 g/mol. The molecule has 1 aliphatic heterocycles. The number of halogens is 1. The molecule has 0 radical (unpaired) electrons. The molecule has 0 saturated heterocycles. The number of hydrogen-bond acceptors (Lipinski definition) is 2. The molecule has 0 bridgehead atoms. The average Bonchev–Trinajstić information content (AvgIpc) is 2.48. The number of anilines is 1. The van der Waals surface area contributed by atoms with Crippen molar-refractivity contribution in [3.8, 4) is 0 Å². The molecule has 2 N–H and O–H groups in total. The molecule has 0 aromatic heterocycles. The predicted octanol–water partition coefficient (Wildman–Crippen LogP) is 2.43. The lowest BCUT2D eigenvalue weighted by atomic mass is 9.80. The van der Waals surface area contributed by atoms with Crippen LogP contribution in [0, 0.1) is 0 Å². The van der Waals surface area contributed by atoms with Gasteiger partial charge in [-0.2, -0.15) is 0 Å². The highest BCUT2D eigenvalue weighted by atomic mass is 79.9. The summed E-state index contributed by atoms with van der Waals surface area (Å²) in [6.45, 7) is 2.05. The van der Waals surface area contributed by atoms with Crippen LogP contribution in [0.4, 0.5) is 5.69 Å². The van der Waals surface area contributed by atoms with E-state index in [9.17, 15) is 4.79 Å². The number of carbonyl (C=O) groups excluding carboxylic acids is 1. The minimum atomic E-state index is -0.501.